The molecule has 54 heavy (non-hydrogen) atoms. The van der Waals surface area contributed by atoms with E-state index in [1.54, 1.807) is 0 Å². The second-order valence-corrected chi connectivity index (χ2v) is 17.0. The van der Waals surface area contributed by atoms with Gasteiger partial charge in [0.05, 0.1) is 6.61 Å². The summed E-state index contributed by atoms with van der Waals surface area (Å²) in [4.78, 5) is 42.9. The molecule has 1 atom stereocenters. The van der Waals surface area contributed by atoms with Gasteiger partial charge in [-0.15, -0.1) is 0 Å². The zero-order valence-electron chi connectivity index (χ0n) is 35.4. The van der Waals surface area contributed by atoms with E-state index in [1.165, 1.54) is 167 Å². The fraction of sp³-hybridized carbons (Fsp3) is 0.911. The van der Waals surface area contributed by atoms with Crippen molar-refractivity contribution in [1.29, 1.82) is 0 Å². The first-order chi connectivity index (χ1) is 26.3. The topological polar surface area (TPSA) is 119 Å². The molecule has 0 spiro atoms. The molecule has 0 fully saturated rings. The Labute approximate surface area is 333 Å². The van der Waals surface area contributed by atoms with E-state index in [9.17, 15) is 14.2 Å². The second kappa shape index (κ2) is 41.4. The standard InChI is InChI=1S/C45H87O8P/c1-3-5-7-9-11-13-15-17-19-21-22-24-25-27-29-31-33-35-37-39-44(46)51-41-43(42-52-54(48,49)50)53-45(47)40-38-36-34-32-30-28-26-23-20-18-16-14-12-10-8-6-4-2/h18,20,43H,3-17,19,21-42H2,1-2H3,(H2,48,49,50)/b20-18-/t43-/m1/s1. The molecular weight excluding hydrogens is 699 g/mol. The zero-order chi connectivity index (χ0) is 39.6. The van der Waals surface area contributed by atoms with Gasteiger partial charge in [0.2, 0.25) is 0 Å². The van der Waals surface area contributed by atoms with Gasteiger partial charge in [0.1, 0.15) is 6.61 Å². The summed E-state index contributed by atoms with van der Waals surface area (Å²) in [6, 6.07) is 0. The molecule has 2 N–H and O–H groups in total. The van der Waals surface area contributed by atoms with Crippen LogP contribution < -0.4 is 0 Å². The zero-order valence-corrected chi connectivity index (χ0v) is 36.3. The number of carbonyl (C=O) groups excluding carboxylic acids is 2. The van der Waals surface area contributed by atoms with Gasteiger partial charge in [0.15, 0.2) is 6.10 Å². The van der Waals surface area contributed by atoms with Crippen molar-refractivity contribution >= 4 is 19.8 Å². The van der Waals surface area contributed by atoms with Crippen molar-refractivity contribution < 1.29 is 37.9 Å². The summed E-state index contributed by atoms with van der Waals surface area (Å²) < 4.78 is 26.5. The molecule has 0 aliphatic carbocycles. The van der Waals surface area contributed by atoms with Gasteiger partial charge in [-0.25, -0.2) is 4.57 Å². The molecule has 0 aromatic rings. The molecule has 0 heterocycles. The number of unbranched alkanes of at least 4 members (excludes halogenated alkanes) is 31. The number of hydrogen-bond acceptors (Lipinski definition) is 6. The van der Waals surface area contributed by atoms with E-state index in [-0.39, 0.29) is 19.4 Å². The van der Waals surface area contributed by atoms with Crippen molar-refractivity contribution in [2.45, 2.75) is 251 Å². The van der Waals surface area contributed by atoms with E-state index in [4.69, 9.17) is 19.3 Å². The van der Waals surface area contributed by atoms with E-state index < -0.39 is 32.5 Å². The van der Waals surface area contributed by atoms with Gasteiger partial charge < -0.3 is 19.3 Å². The highest BCUT2D eigenvalue weighted by Crippen LogP contribution is 2.36. The van der Waals surface area contributed by atoms with Gasteiger partial charge in [-0.2, -0.15) is 0 Å². The van der Waals surface area contributed by atoms with Crippen molar-refractivity contribution in [2.75, 3.05) is 13.2 Å². The summed E-state index contributed by atoms with van der Waals surface area (Å²) in [7, 11) is -4.75. The maximum atomic E-state index is 12.4. The lowest BCUT2D eigenvalue weighted by molar-refractivity contribution is -0.161. The lowest BCUT2D eigenvalue weighted by Gasteiger charge is -2.18. The average Bonchev–Trinajstić information content (AvgIpc) is 3.14. The molecule has 0 saturated carbocycles. The van der Waals surface area contributed by atoms with E-state index >= 15 is 0 Å². The van der Waals surface area contributed by atoms with Crippen molar-refractivity contribution in [3.8, 4) is 0 Å². The predicted molar refractivity (Wildman–Crippen MR) is 226 cm³/mol. The van der Waals surface area contributed by atoms with Crippen LogP contribution in [0.25, 0.3) is 0 Å². The Kier molecular flexibility index (Phi) is 40.5. The van der Waals surface area contributed by atoms with Crippen LogP contribution in [0.5, 0.6) is 0 Å². The molecule has 0 rings (SSSR count). The third-order valence-corrected chi connectivity index (χ3v) is 10.8. The number of phosphoric ester groups is 1. The first-order valence-electron chi connectivity index (χ1n) is 23.0. The van der Waals surface area contributed by atoms with Crippen LogP contribution in [-0.4, -0.2) is 41.0 Å². The fourth-order valence-electron chi connectivity index (χ4n) is 6.84. The number of esters is 2. The fourth-order valence-corrected chi connectivity index (χ4v) is 7.20. The Hall–Kier alpha value is -1.21. The third-order valence-electron chi connectivity index (χ3n) is 10.3. The Morgan fingerprint density at radius 2 is 0.778 bits per heavy atom. The summed E-state index contributed by atoms with van der Waals surface area (Å²) in [5.74, 6) is -0.875. The smallest absolute Gasteiger partial charge is 0.462 e. The van der Waals surface area contributed by atoms with Crippen LogP contribution in [0, 0.1) is 0 Å². The average molecular weight is 787 g/mol. The Bertz CT molecular complexity index is 889. The number of carbonyl (C=O) groups is 2. The minimum Gasteiger partial charge on any atom is -0.462 e. The van der Waals surface area contributed by atoms with Gasteiger partial charge in [-0.3, -0.25) is 14.1 Å². The molecule has 0 aliphatic heterocycles. The summed E-state index contributed by atoms with van der Waals surface area (Å²) in [5, 5.41) is 0. The minimum atomic E-state index is -4.75. The number of phosphoric acid groups is 1. The molecule has 0 unspecified atom stereocenters. The molecular formula is C45H87O8P. The molecule has 0 amide bonds. The normalized spacial score (nSPS) is 12.4. The molecule has 8 nitrogen and oxygen atoms in total. The van der Waals surface area contributed by atoms with Crippen LogP contribution in [0.3, 0.4) is 0 Å². The van der Waals surface area contributed by atoms with Crippen LogP contribution in [0.1, 0.15) is 245 Å². The number of rotatable bonds is 43. The first kappa shape index (κ1) is 52.8. The van der Waals surface area contributed by atoms with Crippen LogP contribution >= 0.6 is 7.82 Å². The largest absolute Gasteiger partial charge is 0.469 e. The highest BCUT2D eigenvalue weighted by Gasteiger charge is 2.23. The number of hydrogen-bond donors (Lipinski definition) is 2. The van der Waals surface area contributed by atoms with Crippen LogP contribution in [0.4, 0.5) is 0 Å². The van der Waals surface area contributed by atoms with Crippen molar-refractivity contribution in [2.24, 2.45) is 0 Å². The van der Waals surface area contributed by atoms with Gasteiger partial charge in [0, 0.05) is 12.8 Å². The molecule has 0 aromatic heterocycles. The molecule has 320 valence electrons. The molecule has 0 radical (unpaired) electrons. The van der Waals surface area contributed by atoms with Gasteiger partial charge in [-0.1, -0.05) is 206 Å². The molecule has 0 saturated heterocycles. The highest BCUT2D eigenvalue weighted by atomic mass is 31.2. The number of allylic oxidation sites excluding steroid dienone is 2. The molecule has 0 bridgehead atoms. The van der Waals surface area contributed by atoms with Gasteiger partial charge >= 0.3 is 19.8 Å². The quantitative estimate of drug-likeness (QED) is 0.0271. The van der Waals surface area contributed by atoms with Crippen molar-refractivity contribution in [1.82, 2.24) is 0 Å². The Balaban J connectivity index is 3.83. The summed E-state index contributed by atoms with van der Waals surface area (Å²) >= 11 is 0. The summed E-state index contributed by atoms with van der Waals surface area (Å²) in [6.07, 6.45) is 46.5. The Morgan fingerprint density at radius 3 is 1.13 bits per heavy atom. The Morgan fingerprint density at radius 1 is 0.463 bits per heavy atom. The van der Waals surface area contributed by atoms with E-state index in [0.717, 1.165) is 44.9 Å². The molecule has 9 heteroatoms. The monoisotopic (exact) mass is 787 g/mol. The second-order valence-electron chi connectivity index (χ2n) is 15.7. The van der Waals surface area contributed by atoms with E-state index in [1.807, 2.05) is 0 Å². The lowest BCUT2D eigenvalue weighted by Crippen LogP contribution is -2.29. The minimum absolute atomic E-state index is 0.211. The lowest BCUT2D eigenvalue weighted by atomic mass is 10.0. The van der Waals surface area contributed by atoms with Gasteiger partial charge in [0.25, 0.3) is 0 Å². The highest BCUT2D eigenvalue weighted by molar-refractivity contribution is 7.46. The van der Waals surface area contributed by atoms with Gasteiger partial charge in [-0.05, 0) is 38.5 Å². The van der Waals surface area contributed by atoms with Crippen LogP contribution in [0.15, 0.2) is 12.2 Å². The first-order valence-corrected chi connectivity index (χ1v) is 24.5. The number of ether oxygens (including phenoxy) is 2. The summed E-state index contributed by atoms with van der Waals surface area (Å²) in [6.45, 7) is 3.72. The predicted octanol–water partition coefficient (Wildman–Crippen LogP) is 14.2. The van der Waals surface area contributed by atoms with Crippen molar-refractivity contribution in [3.05, 3.63) is 12.2 Å². The van der Waals surface area contributed by atoms with E-state index in [0.29, 0.717) is 6.42 Å². The van der Waals surface area contributed by atoms with Crippen LogP contribution in [0.2, 0.25) is 0 Å². The molecule has 0 aliphatic rings. The van der Waals surface area contributed by atoms with Crippen LogP contribution in [-0.2, 0) is 28.2 Å². The third kappa shape index (κ3) is 43.5. The molecule has 0 aromatic carbocycles. The summed E-state index contributed by atoms with van der Waals surface area (Å²) in [5.41, 5.74) is 0. The maximum absolute atomic E-state index is 12.4. The van der Waals surface area contributed by atoms with Crippen molar-refractivity contribution in [3.63, 3.8) is 0 Å². The maximum Gasteiger partial charge on any atom is 0.469 e. The van der Waals surface area contributed by atoms with E-state index in [2.05, 4.69) is 30.5 Å². The SMILES string of the molecule is CCCCCCCC/C=C\CCCCCCCCCC(=O)O[C@H](COC(=O)CCCCCCCCCCCCCCCCCCCCC)COP(=O)(O)O.